The molecule has 0 saturated carbocycles. The van der Waals surface area contributed by atoms with Gasteiger partial charge < -0.3 is 20.1 Å². The fourth-order valence-corrected chi connectivity index (χ4v) is 3.15. The maximum absolute atomic E-state index is 12.2. The van der Waals surface area contributed by atoms with Gasteiger partial charge in [0.2, 0.25) is 0 Å². The summed E-state index contributed by atoms with van der Waals surface area (Å²) >= 11 is 5.82. The Labute approximate surface area is 168 Å². The zero-order valence-electron chi connectivity index (χ0n) is 14.8. The van der Waals surface area contributed by atoms with Crippen LogP contribution in [0.2, 0.25) is 5.02 Å². The Morgan fingerprint density at radius 2 is 1.93 bits per heavy atom. The lowest BCUT2D eigenvalue weighted by atomic mass is 10.1. The minimum Gasteiger partial charge on any atom is -0.394 e. The van der Waals surface area contributed by atoms with Crippen molar-refractivity contribution in [2.75, 3.05) is 12.0 Å². The first-order valence-electron chi connectivity index (χ1n) is 8.61. The number of aliphatic hydroxyl groups is 3. The second-order valence-electron chi connectivity index (χ2n) is 6.36. The monoisotopic (exact) mass is 420 g/mol. The van der Waals surface area contributed by atoms with Crippen LogP contribution in [0.15, 0.2) is 36.9 Å². The molecule has 152 valence electrons. The number of aromatic nitrogens is 4. The molecule has 4 rings (SSSR count). The van der Waals surface area contributed by atoms with Crippen molar-refractivity contribution in [3.05, 3.63) is 47.5 Å². The lowest BCUT2D eigenvalue weighted by Gasteiger charge is -2.16. The number of hydrogen-bond acceptors (Lipinski definition) is 9. The first-order valence-corrected chi connectivity index (χ1v) is 8.99. The number of halogens is 1. The molecule has 0 aliphatic carbocycles. The van der Waals surface area contributed by atoms with E-state index in [1.54, 1.807) is 24.3 Å². The van der Waals surface area contributed by atoms with Crippen LogP contribution in [0.4, 0.5) is 5.82 Å². The van der Waals surface area contributed by atoms with Crippen molar-refractivity contribution in [2.45, 2.75) is 24.5 Å². The Hall–Kier alpha value is -2.83. The molecule has 0 radical (unpaired) electrons. The summed E-state index contributed by atoms with van der Waals surface area (Å²) in [6, 6.07) is 6.35. The number of fused-ring (bicyclic) bond motifs is 1. The summed E-state index contributed by atoms with van der Waals surface area (Å²) in [5.74, 6) is -0.181. The summed E-state index contributed by atoms with van der Waals surface area (Å²) in [5, 5.41) is 29.9. The number of nitrogens with zero attached hydrogens (tertiary/aromatic N) is 4. The van der Waals surface area contributed by atoms with Crippen LogP contribution < -0.4 is 10.9 Å². The molecule has 3 heterocycles. The molecule has 0 unspecified atom stereocenters. The van der Waals surface area contributed by atoms with Gasteiger partial charge in [-0.3, -0.25) is 20.2 Å². The minimum atomic E-state index is -1.28. The average Bonchev–Trinajstić information content (AvgIpc) is 3.28. The van der Waals surface area contributed by atoms with Crippen molar-refractivity contribution in [1.82, 2.24) is 24.9 Å². The van der Waals surface area contributed by atoms with Crippen LogP contribution >= 0.6 is 11.6 Å². The lowest BCUT2D eigenvalue weighted by molar-refractivity contribution is -0.0511. The number of ether oxygens (including phenoxy) is 1. The third kappa shape index (κ3) is 3.61. The number of amides is 1. The van der Waals surface area contributed by atoms with E-state index >= 15 is 0 Å². The Bertz CT molecular complexity index is 1030. The highest BCUT2D eigenvalue weighted by Gasteiger charge is 2.44. The van der Waals surface area contributed by atoms with Crippen LogP contribution in [-0.2, 0) is 4.74 Å². The van der Waals surface area contributed by atoms with E-state index in [4.69, 9.17) is 16.3 Å². The van der Waals surface area contributed by atoms with Crippen molar-refractivity contribution >= 4 is 34.5 Å². The van der Waals surface area contributed by atoms with Crippen LogP contribution in [-0.4, -0.2) is 65.7 Å². The molecule has 5 N–H and O–H groups in total. The molecule has 4 atom stereocenters. The van der Waals surface area contributed by atoms with Gasteiger partial charge in [-0.1, -0.05) is 11.6 Å². The van der Waals surface area contributed by atoms with Gasteiger partial charge in [-0.15, -0.1) is 0 Å². The summed E-state index contributed by atoms with van der Waals surface area (Å²) in [6.45, 7) is -0.445. The topological polar surface area (TPSA) is 155 Å². The van der Waals surface area contributed by atoms with Crippen LogP contribution in [0, 0.1) is 0 Å². The predicted octanol–water partition coefficient (Wildman–Crippen LogP) is -0.152. The van der Waals surface area contributed by atoms with E-state index in [-0.39, 0.29) is 5.82 Å². The van der Waals surface area contributed by atoms with Crippen molar-refractivity contribution in [3.8, 4) is 0 Å². The molecular formula is C17H17ClN6O5. The number of carbonyl (C=O) groups is 1. The summed E-state index contributed by atoms with van der Waals surface area (Å²) in [7, 11) is 0. The van der Waals surface area contributed by atoms with Crippen molar-refractivity contribution in [1.29, 1.82) is 0 Å². The first-order chi connectivity index (χ1) is 14.0. The van der Waals surface area contributed by atoms with Crippen LogP contribution in [0.25, 0.3) is 11.2 Å². The molecule has 1 amide bonds. The Morgan fingerprint density at radius 1 is 1.17 bits per heavy atom. The molecule has 1 aliphatic heterocycles. The maximum Gasteiger partial charge on any atom is 0.269 e. The zero-order chi connectivity index (χ0) is 20.5. The third-order valence-electron chi connectivity index (χ3n) is 4.55. The van der Waals surface area contributed by atoms with Gasteiger partial charge in [0.25, 0.3) is 5.91 Å². The summed E-state index contributed by atoms with van der Waals surface area (Å²) in [5.41, 5.74) is 6.21. The van der Waals surface area contributed by atoms with Crippen molar-refractivity contribution < 1.29 is 24.9 Å². The van der Waals surface area contributed by atoms with Gasteiger partial charge in [0.05, 0.1) is 12.9 Å². The Morgan fingerprint density at radius 3 is 2.62 bits per heavy atom. The second-order valence-corrected chi connectivity index (χ2v) is 6.80. The number of rotatable bonds is 5. The van der Waals surface area contributed by atoms with E-state index in [0.717, 1.165) is 0 Å². The molecule has 3 aromatic rings. The van der Waals surface area contributed by atoms with E-state index in [9.17, 15) is 20.1 Å². The Balaban J connectivity index is 1.55. The Kier molecular flexibility index (Phi) is 5.30. The molecule has 1 aromatic carbocycles. The second kappa shape index (κ2) is 7.89. The minimum absolute atomic E-state index is 0.225. The van der Waals surface area contributed by atoms with E-state index in [1.807, 2.05) is 0 Å². The first kappa shape index (κ1) is 19.5. The molecule has 1 aliphatic rings. The van der Waals surface area contributed by atoms with Crippen molar-refractivity contribution in [2.24, 2.45) is 0 Å². The summed E-state index contributed by atoms with van der Waals surface area (Å²) < 4.78 is 6.93. The van der Waals surface area contributed by atoms with Crippen molar-refractivity contribution in [3.63, 3.8) is 0 Å². The highest BCUT2D eigenvalue weighted by molar-refractivity contribution is 6.30. The zero-order valence-corrected chi connectivity index (χ0v) is 15.6. The van der Waals surface area contributed by atoms with Gasteiger partial charge in [-0.2, -0.15) is 0 Å². The highest BCUT2D eigenvalue weighted by Crippen LogP contribution is 2.31. The van der Waals surface area contributed by atoms with Gasteiger partial charge in [0.1, 0.15) is 24.6 Å². The van der Waals surface area contributed by atoms with Gasteiger partial charge in [0, 0.05) is 10.6 Å². The molecule has 0 bridgehead atoms. The number of imidazole rings is 1. The van der Waals surface area contributed by atoms with Gasteiger partial charge in [-0.25, -0.2) is 15.0 Å². The number of hydrogen-bond donors (Lipinski definition) is 5. The smallest absolute Gasteiger partial charge is 0.269 e. The standard InChI is InChI=1S/C17H17ClN6O5/c18-9-3-1-8(2-4-9)16(28)23-22-14-11-15(20-6-19-14)24(7-21-11)17-13(27)12(26)10(5-25)29-17/h1-4,6-7,10,12-13,17,25-27H,5H2,(H,23,28)(H,19,20,22)/t10-,12-,13-,17-/m1/s1. The summed E-state index contributed by atoms with van der Waals surface area (Å²) in [4.78, 5) is 24.6. The molecule has 2 aromatic heterocycles. The fraction of sp³-hybridized carbons (Fsp3) is 0.294. The predicted molar refractivity (Wildman–Crippen MR) is 101 cm³/mol. The van der Waals surface area contributed by atoms with Gasteiger partial charge in [0.15, 0.2) is 23.2 Å². The third-order valence-corrected chi connectivity index (χ3v) is 4.80. The van der Waals surface area contributed by atoms with E-state index in [0.29, 0.717) is 21.7 Å². The normalized spacial score (nSPS) is 24.0. The molecular weight excluding hydrogens is 404 g/mol. The number of aliphatic hydroxyl groups excluding tert-OH is 3. The van der Waals surface area contributed by atoms with Crippen LogP contribution in [0.3, 0.4) is 0 Å². The molecule has 12 heteroatoms. The van der Waals surface area contributed by atoms with E-state index in [2.05, 4.69) is 25.8 Å². The van der Waals surface area contributed by atoms with Crippen LogP contribution in [0.5, 0.6) is 0 Å². The quantitative estimate of drug-likeness (QED) is 0.354. The number of hydrazine groups is 1. The largest absolute Gasteiger partial charge is 0.394 e. The molecule has 0 spiro atoms. The van der Waals surface area contributed by atoms with Gasteiger partial charge in [-0.05, 0) is 24.3 Å². The highest BCUT2D eigenvalue weighted by atomic mass is 35.5. The lowest BCUT2D eigenvalue weighted by Crippen LogP contribution is -2.33. The number of benzene rings is 1. The fourth-order valence-electron chi connectivity index (χ4n) is 3.03. The molecule has 11 nitrogen and oxygen atoms in total. The molecule has 1 saturated heterocycles. The average molecular weight is 421 g/mol. The van der Waals surface area contributed by atoms with Gasteiger partial charge >= 0.3 is 0 Å². The number of anilines is 1. The SMILES string of the molecule is O=C(NNc1ncnc2c1ncn2[C@@H]1O[C@H](CO)[C@@H](O)[C@H]1O)c1ccc(Cl)cc1. The molecule has 29 heavy (non-hydrogen) atoms. The molecule has 1 fully saturated rings. The van der Waals surface area contributed by atoms with Crippen LogP contribution in [0.1, 0.15) is 16.6 Å². The number of carbonyl (C=O) groups excluding carboxylic acids is 1. The van der Waals surface area contributed by atoms with E-state index < -0.39 is 37.1 Å². The summed E-state index contributed by atoms with van der Waals surface area (Å²) in [6.07, 6.45) is -1.82. The van der Waals surface area contributed by atoms with E-state index in [1.165, 1.54) is 17.2 Å². The number of nitrogens with one attached hydrogen (secondary N) is 2. The maximum atomic E-state index is 12.2.